The number of ether oxygens (including phenoxy) is 2. The number of benzene rings is 1. The predicted octanol–water partition coefficient (Wildman–Crippen LogP) is 2.77. The monoisotopic (exact) mass is 384 g/mol. The lowest BCUT2D eigenvalue weighted by atomic mass is 9.50. The Morgan fingerprint density at radius 1 is 1.25 bits per heavy atom. The van der Waals surface area contributed by atoms with Gasteiger partial charge in [-0.15, -0.1) is 0 Å². The number of nitrogens with zero attached hydrogens (tertiary/aromatic N) is 2. The standard InChI is InChI=1S/C22H28N2O4/c1-14(25)24-17-6-8-20-7-3-11-23-12-9-21(17,22(20,23)28-13-10-20)15-4-5-16(27-2)19(26)18(15)24/h4-5,17,26H,3,6-13H2,1-2H3/t17-,20+,21-,22-/m0/s1. The highest BCUT2D eigenvalue weighted by molar-refractivity contribution is 5.99. The maximum Gasteiger partial charge on any atom is 0.224 e. The van der Waals surface area contributed by atoms with Gasteiger partial charge in [0.25, 0.3) is 0 Å². The Hall–Kier alpha value is -1.79. The highest BCUT2D eigenvalue weighted by atomic mass is 16.5. The third-order valence-corrected chi connectivity index (χ3v) is 8.69. The van der Waals surface area contributed by atoms with Gasteiger partial charge in [0.1, 0.15) is 5.72 Å². The van der Waals surface area contributed by atoms with Crippen LogP contribution in [0.2, 0.25) is 0 Å². The third-order valence-electron chi connectivity index (χ3n) is 8.69. The summed E-state index contributed by atoms with van der Waals surface area (Å²) in [4.78, 5) is 17.3. The molecule has 0 radical (unpaired) electrons. The van der Waals surface area contributed by atoms with Crippen molar-refractivity contribution in [2.24, 2.45) is 5.41 Å². The van der Waals surface area contributed by atoms with Gasteiger partial charge >= 0.3 is 0 Å². The summed E-state index contributed by atoms with van der Waals surface area (Å²) in [6, 6.07) is 3.98. The van der Waals surface area contributed by atoms with E-state index in [-0.39, 0.29) is 34.3 Å². The number of anilines is 1. The van der Waals surface area contributed by atoms with Crippen molar-refractivity contribution < 1.29 is 19.4 Å². The molecule has 4 heterocycles. The number of aromatic hydroxyl groups is 1. The summed E-state index contributed by atoms with van der Waals surface area (Å²) in [7, 11) is 1.56. The van der Waals surface area contributed by atoms with E-state index in [2.05, 4.69) is 11.0 Å². The van der Waals surface area contributed by atoms with Gasteiger partial charge in [0, 0.05) is 32.0 Å². The summed E-state index contributed by atoms with van der Waals surface area (Å²) >= 11 is 0. The zero-order valence-electron chi connectivity index (χ0n) is 16.7. The summed E-state index contributed by atoms with van der Waals surface area (Å²) in [6.07, 6.45) is 6.57. The van der Waals surface area contributed by atoms with E-state index in [1.54, 1.807) is 14.0 Å². The second kappa shape index (κ2) is 5.22. The largest absolute Gasteiger partial charge is 0.503 e. The van der Waals surface area contributed by atoms with Crippen LogP contribution in [0.4, 0.5) is 5.69 Å². The fourth-order valence-electron chi connectivity index (χ4n) is 8.02. The second-order valence-electron chi connectivity index (χ2n) is 9.29. The fraction of sp³-hybridized carbons (Fsp3) is 0.682. The van der Waals surface area contributed by atoms with Crippen LogP contribution in [0.15, 0.2) is 12.1 Å². The zero-order valence-corrected chi connectivity index (χ0v) is 16.7. The van der Waals surface area contributed by atoms with Crippen LogP contribution >= 0.6 is 0 Å². The number of hydrogen-bond donors (Lipinski definition) is 1. The molecule has 4 aliphatic heterocycles. The predicted molar refractivity (Wildman–Crippen MR) is 104 cm³/mol. The van der Waals surface area contributed by atoms with Crippen LogP contribution in [0.25, 0.3) is 0 Å². The maximum atomic E-state index is 12.9. The lowest BCUT2D eigenvalue weighted by molar-refractivity contribution is -0.232. The zero-order chi connectivity index (χ0) is 19.3. The Morgan fingerprint density at radius 2 is 2.11 bits per heavy atom. The molecule has 0 aromatic heterocycles. The quantitative estimate of drug-likeness (QED) is 0.807. The van der Waals surface area contributed by atoms with Crippen molar-refractivity contribution in [3.63, 3.8) is 0 Å². The summed E-state index contributed by atoms with van der Waals surface area (Å²) < 4.78 is 12.2. The van der Waals surface area contributed by atoms with Crippen LogP contribution in [-0.2, 0) is 14.9 Å². The number of fused-ring (bicyclic) bond motifs is 1. The van der Waals surface area contributed by atoms with Gasteiger partial charge in [-0.1, -0.05) is 6.07 Å². The Balaban J connectivity index is 1.68. The van der Waals surface area contributed by atoms with Gasteiger partial charge in [-0.2, -0.15) is 0 Å². The number of rotatable bonds is 1. The Labute approximate surface area is 165 Å². The molecule has 1 amide bonds. The molecule has 28 heavy (non-hydrogen) atoms. The number of amides is 1. The Bertz CT molecular complexity index is 888. The molecule has 3 saturated heterocycles. The Morgan fingerprint density at radius 3 is 2.89 bits per heavy atom. The smallest absolute Gasteiger partial charge is 0.224 e. The molecule has 6 nitrogen and oxygen atoms in total. The third kappa shape index (κ3) is 1.53. The number of methoxy groups -OCH3 is 1. The van der Waals surface area contributed by atoms with E-state index in [1.165, 1.54) is 12.8 Å². The first-order valence-corrected chi connectivity index (χ1v) is 10.6. The number of hydrogen-bond acceptors (Lipinski definition) is 5. The average molecular weight is 384 g/mol. The van der Waals surface area contributed by atoms with E-state index in [0.29, 0.717) is 11.4 Å². The number of carbonyl (C=O) groups excluding carboxylic acids is 1. The number of phenols is 1. The van der Waals surface area contributed by atoms with Crippen molar-refractivity contribution in [2.45, 2.75) is 62.6 Å². The van der Waals surface area contributed by atoms with E-state index in [0.717, 1.165) is 50.9 Å². The summed E-state index contributed by atoms with van der Waals surface area (Å²) in [5.41, 5.74) is 1.29. The highest BCUT2D eigenvalue weighted by Gasteiger charge is 2.80. The molecular formula is C22H28N2O4. The minimum Gasteiger partial charge on any atom is -0.503 e. The van der Waals surface area contributed by atoms with Crippen molar-refractivity contribution in [1.29, 1.82) is 0 Å². The van der Waals surface area contributed by atoms with Gasteiger partial charge in [-0.3, -0.25) is 9.69 Å². The fourth-order valence-corrected chi connectivity index (χ4v) is 8.02. The van der Waals surface area contributed by atoms with Crippen molar-refractivity contribution in [3.8, 4) is 11.5 Å². The number of carbonyl (C=O) groups is 1. The molecule has 6 heteroatoms. The average Bonchev–Trinajstić information content (AvgIpc) is 3.32. The first-order valence-electron chi connectivity index (χ1n) is 10.6. The molecule has 1 aromatic rings. The molecule has 0 unspecified atom stereocenters. The summed E-state index contributed by atoms with van der Waals surface area (Å²) in [5, 5.41) is 11.1. The van der Waals surface area contributed by atoms with Crippen LogP contribution in [0.3, 0.4) is 0 Å². The van der Waals surface area contributed by atoms with Gasteiger partial charge in [0.15, 0.2) is 11.5 Å². The lowest BCUT2D eigenvalue weighted by Crippen LogP contribution is -2.73. The maximum absolute atomic E-state index is 12.9. The SMILES string of the molecule is COc1ccc2c(c1O)N(C(C)=O)[C@H]1CC[C@@]34CCCN5CC[C@]21[C@]53OCC4. The summed E-state index contributed by atoms with van der Waals surface area (Å²) in [6.45, 7) is 4.47. The van der Waals surface area contributed by atoms with Crippen LogP contribution < -0.4 is 9.64 Å². The minimum atomic E-state index is -0.346. The molecule has 150 valence electrons. The van der Waals surface area contributed by atoms with Gasteiger partial charge in [0.05, 0.1) is 24.3 Å². The molecule has 1 saturated carbocycles. The molecule has 4 fully saturated rings. The van der Waals surface area contributed by atoms with Gasteiger partial charge in [-0.05, 0) is 50.2 Å². The molecule has 0 bridgehead atoms. The molecule has 5 aliphatic rings. The first kappa shape index (κ1) is 17.1. The molecular weight excluding hydrogens is 356 g/mol. The van der Waals surface area contributed by atoms with Crippen molar-refractivity contribution in [2.75, 3.05) is 31.7 Å². The van der Waals surface area contributed by atoms with E-state index in [4.69, 9.17) is 9.47 Å². The van der Waals surface area contributed by atoms with Crippen LogP contribution in [-0.4, -0.2) is 54.5 Å². The molecule has 1 N–H and O–H groups in total. The van der Waals surface area contributed by atoms with Gasteiger partial charge in [0.2, 0.25) is 5.91 Å². The van der Waals surface area contributed by atoms with Crippen molar-refractivity contribution in [1.82, 2.24) is 4.90 Å². The first-order chi connectivity index (χ1) is 13.5. The van der Waals surface area contributed by atoms with Gasteiger partial charge < -0.3 is 19.5 Å². The number of phenolic OH excluding ortho intramolecular Hbond substituents is 1. The molecule has 6 rings (SSSR count). The highest BCUT2D eigenvalue weighted by Crippen LogP contribution is 2.74. The van der Waals surface area contributed by atoms with E-state index in [9.17, 15) is 9.90 Å². The van der Waals surface area contributed by atoms with Crippen LogP contribution in [0.5, 0.6) is 11.5 Å². The molecule has 1 aromatic carbocycles. The van der Waals surface area contributed by atoms with Crippen LogP contribution in [0.1, 0.15) is 51.0 Å². The van der Waals surface area contributed by atoms with E-state index >= 15 is 0 Å². The minimum absolute atomic E-state index is 0.0113. The molecule has 2 spiro atoms. The van der Waals surface area contributed by atoms with Crippen molar-refractivity contribution >= 4 is 11.6 Å². The summed E-state index contributed by atoms with van der Waals surface area (Å²) in [5.74, 6) is 0.505. The van der Waals surface area contributed by atoms with Crippen LogP contribution in [0, 0.1) is 5.41 Å². The van der Waals surface area contributed by atoms with E-state index in [1.807, 2.05) is 11.0 Å². The molecule has 4 atom stereocenters. The lowest BCUT2D eigenvalue weighted by Gasteiger charge is -2.62. The normalized spacial score (nSPS) is 40.6. The second-order valence-corrected chi connectivity index (χ2v) is 9.29. The van der Waals surface area contributed by atoms with Gasteiger partial charge in [-0.25, -0.2) is 0 Å². The number of piperidine rings is 1. The topological polar surface area (TPSA) is 62.2 Å². The van der Waals surface area contributed by atoms with E-state index < -0.39 is 0 Å². The molecule has 1 aliphatic carbocycles. The Kier molecular flexibility index (Phi) is 3.19. The van der Waals surface area contributed by atoms with Crippen molar-refractivity contribution in [3.05, 3.63) is 17.7 Å².